The van der Waals surface area contributed by atoms with Gasteiger partial charge in [0.15, 0.2) is 5.78 Å². The van der Waals surface area contributed by atoms with Gasteiger partial charge in [0.2, 0.25) is 0 Å². The van der Waals surface area contributed by atoms with Crippen molar-refractivity contribution >= 4 is 28.1 Å². The van der Waals surface area contributed by atoms with Crippen molar-refractivity contribution in [3.8, 4) is 5.75 Å². The van der Waals surface area contributed by atoms with E-state index in [1.54, 1.807) is 54.7 Å². The second-order valence-corrected chi connectivity index (χ2v) is 4.81. The first-order valence-electron chi connectivity index (χ1n) is 6.74. The van der Waals surface area contributed by atoms with Gasteiger partial charge in [0.05, 0.1) is 5.69 Å². The molecule has 3 aromatic rings. The van der Waals surface area contributed by atoms with Crippen LogP contribution < -0.4 is 0 Å². The largest absolute Gasteiger partial charge is 0.507 e. The van der Waals surface area contributed by atoms with Crippen LogP contribution in [0.15, 0.2) is 65.0 Å². The molecule has 3 rings (SSSR count). The van der Waals surface area contributed by atoms with E-state index in [0.29, 0.717) is 27.8 Å². The highest BCUT2D eigenvalue weighted by Gasteiger charge is 2.05. The summed E-state index contributed by atoms with van der Waals surface area (Å²) >= 11 is 0. The van der Waals surface area contributed by atoms with E-state index in [9.17, 15) is 9.90 Å². The molecule has 0 unspecified atom stereocenters. The van der Waals surface area contributed by atoms with E-state index >= 15 is 0 Å². The number of fused-ring (bicyclic) bond motifs is 1. The van der Waals surface area contributed by atoms with Crippen molar-refractivity contribution in [2.75, 3.05) is 0 Å². The number of hydrogen-bond acceptors (Lipinski definition) is 5. The molecule has 0 spiro atoms. The highest BCUT2D eigenvalue weighted by Crippen LogP contribution is 2.31. The summed E-state index contributed by atoms with van der Waals surface area (Å²) in [7, 11) is 0. The topological polar surface area (TPSA) is 74.9 Å². The van der Waals surface area contributed by atoms with Crippen molar-refractivity contribution in [1.29, 1.82) is 0 Å². The maximum Gasteiger partial charge on any atom is 0.159 e. The quantitative estimate of drug-likeness (QED) is 0.567. The van der Waals surface area contributed by atoms with Gasteiger partial charge in [0, 0.05) is 17.1 Å². The Morgan fingerprint density at radius 1 is 1.05 bits per heavy atom. The predicted octanol–water partition coefficient (Wildman–Crippen LogP) is 4.56. The zero-order chi connectivity index (χ0) is 15.5. The smallest absolute Gasteiger partial charge is 0.159 e. The first-order valence-corrected chi connectivity index (χ1v) is 6.74. The Kier molecular flexibility index (Phi) is 3.62. The minimum atomic E-state index is 0.0113. The molecule has 0 aliphatic rings. The van der Waals surface area contributed by atoms with Crippen LogP contribution in [-0.2, 0) is 0 Å². The molecule has 1 N–H and O–H groups in total. The lowest BCUT2D eigenvalue weighted by Gasteiger charge is -2.02. The number of Topliss-reactive ketones (excluding diaryl/α,β-unsaturated/α-hetero) is 1. The molecule has 2 aromatic carbocycles. The number of phenols is 1. The molecule has 0 aliphatic carbocycles. The summed E-state index contributed by atoms with van der Waals surface area (Å²) in [6, 6.07) is 13.7. The lowest BCUT2D eigenvalue weighted by atomic mass is 10.1. The molecule has 0 fully saturated rings. The van der Waals surface area contributed by atoms with Gasteiger partial charge in [0.1, 0.15) is 17.0 Å². The number of ketones is 1. The van der Waals surface area contributed by atoms with Gasteiger partial charge in [0.25, 0.3) is 0 Å². The van der Waals surface area contributed by atoms with E-state index in [0.717, 1.165) is 0 Å². The van der Waals surface area contributed by atoms with Crippen LogP contribution in [0.2, 0.25) is 0 Å². The Balaban J connectivity index is 1.96. The number of azo groups is 1. The second kappa shape index (κ2) is 5.73. The maximum absolute atomic E-state index is 11.2. The Labute approximate surface area is 127 Å². The fourth-order valence-corrected chi connectivity index (χ4v) is 2.10. The summed E-state index contributed by atoms with van der Waals surface area (Å²) in [6.07, 6.45) is 1.64. The number of carbonyl (C=O) groups excluding carboxylic acids is 1. The van der Waals surface area contributed by atoms with Crippen molar-refractivity contribution in [2.45, 2.75) is 6.92 Å². The Morgan fingerprint density at radius 3 is 2.55 bits per heavy atom. The predicted molar refractivity (Wildman–Crippen MR) is 84.0 cm³/mol. The number of nitrogens with zero attached hydrogens (tertiary/aromatic N) is 3. The fraction of sp³-hybridized carbons (Fsp3) is 0.0588. The third kappa shape index (κ3) is 2.69. The van der Waals surface area contributed by atoms with Gasteiger partial charge >= 0.3 is 0 Å². The van der Waals surface area contributed by atoms with Gasteiger partial charge in [-0.1, -0.05) is 0 Å². The summed E-state index contributed by atoms with van der Waals surface area (Å²) < 4.78 is 0. The molecule has 0 aliphatic heterocycles. The molecule has 0 atom stereocenters. The number of pyridine rings is 1. The molecular weight excluding hydrogens is 278 g/mol. The molecular formula is C17H13N3O2. The maximum atomic E-state index is 11.2. The van der Waals surface area contributed by atoms with Crippen molar-refractivity contribution in [3.05, 3.63) is 60.3 Å². The molecule has 0 amide bonds. The molecule has 22 heavy (non-hydrogen) atoms. The standard InChI is InChI=1S/C17H13N3O2/c1-11(21)12-4-6-13(7-5-12)19-20-15-8-9-16(22)14-3-2-10-18-17(14)15/h2-10,22H,1H3. The minimum Gasteiger partial charge on any atom is -0.507 e. The van der Waals surface area contributed by atoms with E-state index in [2.05, 4.69) is 15.2 Å². The van der Waals surface area contributed by atoms with Crippen LogP contribution >= 0.6 is 0 Å². The highest BCUT2D eigenvalue weighted by atomic mass is 16.3. The summed E-state index contributed by atoms with van der Waals surface area (Å²) in [4.78, 5) is 15.5. The summed E-state index contributed by atoms with van der Waals surface area (Å²) in [6.45, 7) is 1.52. The SMILES string of the molecule is CC(=O)c1ccc(N=Nc2ccc(O)c3cccnc23)cc1. The minimum absolute atomic E-state index is 0.0113. The van der Waals surface area contributed by atoms with Crippen LogP contribution in [0.25, 0.3) is 10.9 Å². The normalized spacial score (nSPS) is 11.1. The van der Waals surface area contributed by atoms with E-state index in [1.807, 2.05) is 0 Å². The lowest BCUT2D eigenvalue weighted by molar-refractivity contribution is 0.101. The van der Waals surface area contributed by atoms with Crippen molar-refractivity contribution < 1.29 is 9.90 Å². The average molecular weight is 291 g/mol. The average Bonchev–Trinajstić information content (AvgIpc) is 2.55. The Morgan fingerprint density at radius 2 is 1.82 bits per heavy atom. The summed E-state index contributed by atoms with van der Waals surface area (Å²) in [5.74, 6) is 0.171. The zero-order valence-electron chi connectivity index (χ0n) is 11.9. The van der Waals surface area contributed by atoms with Crippen molar-refractivity contribution in [3.63, 3.8) is 0 Å². The van der Waals surface area contributed by atoms with Gasteiger partial charge in [-0.2, -0.15) is 5.11 Å². The van der Waals surface area contributed by atoms with E-state index in [1.165, 1.54) is 6.92 Å². The molecule has 1 aromatic heterocycles. The summed E-state index contributed by atoms with van der Waals surface area (Å²) in [5, 5.41) is 18.8. The molecule has 1 heterocycles. The van der Waals surface area contributed by atoms with E-state index in [4.69, 9.17) is 0 Å². The first kappa shape index (κ1) is 13.9. The number of aromatic hydroxyl groups is 1. The molecule has 0 saturated heterocycles. The number of hydrogen-bond donors (Lipinski definition) is 1. The lowest BCUT2D eigenvalue weighted by Crippen LogP contribution is -1.89. The van der Waals surface area contributed by atoms with Crippen LogP contribution in [0.4, 0.5) is 11.4 Å². The number of benzene rings is 2. The van der Waals surface area contributed by atoms with E-state index in [-0.39, 0.29) is 11.5 Å². The third-order valence-corrected chi connectivity index (χ3v) is 3.27. The van der Waals surface area contributed by atoms with Crippen LogP contribution in [0.1, 0.15) is 17.3 Å². The molecule has 0 radical (unpaired) electrons. The molecule has 108 valence electrons. The van der Waals surface area contributed by atoms with Gasteiger partial charge in [-0.25, -0.2) is 0 Å². The fourth-order valence-electron chi connectivity index (χ4n) is 2.10. The van der Waals surface area contributed by atoms with Crippen LogP contribution in [-0.4, -0.2) is 15.9 Å². The van der Waals surface area contributed by atoms with Gasteiger partial charge in [-0.3, -0.25) is 9.78 Å². The molecule has 5 heteroatoms. The van der Waals surface area contributed by atoms with Crippen LogP contribution in [0.3, 0.4) is 0 Å². The number of aromatic nitrogens is 1. The van der Waals surface area contributed by atoms with E-state index < -0.39 is 0 Å². The zero-order valence-corrected chi connectivity index (χ0v) is 11.9. The van der Waals surface area contributed by atoms with Crippen molar-refractivity contribution in [1.82, 2.24) is 4.98 Å². The number of phenolic OH excluding ortho intramolecular Hbond substituents is 1. The first-order chi connectivity index (χ1) is 10.6. The van der Waals surface area contributed by atoms with Gasteiger partial charge in [-0.05, 0) is 55.5 Å². The van der Waals surface area contributed by atoms with Crippen LogP contribution in [0, 0.1) is 0 Å². The third-order valence-electron chi connectivity index (χ3n) is 3.27. The number of carbonyl (C=O) groups is 1. The second-order valence-electron chi connectivity index (χ2n) is 4.81. The number of rotatable bonds is 3. The monoisotopic (exact) mass is 291 g/mol. The van der Waals surface area contributed by atoms with Crippen LogP contribution in [0.5, 0.6) is 5.75 Å². The van der Waals surface area contributed by atoms with Gasteiger partial charge < -0.3 is 5.11 Å². The Bertz CT molecular complexity index is 871. The van der Waals surface area contributed by atoms with Crippen molar-refractivity contribution in [2.24, 2.45) is 10.2 Å². The molecule has 0 bridgehead atoms. The highest BCUT2D eigenvalue weighted by molar-refractivity contribution is 5.94. The summed E-state index contributed by atoms with van der Waals surface area (Å²) in [5.41, 5.74) is 2.44. The van der Waals surface area contributed by atoms with Gasteiger partial charge in [-0.15, -0.1) is 5.11 Å². The molecule has 5 nitrogen and oxygen atoms in total. The molecule has 0 saturated carbocycles. The Hall–Kier alpha value is -3.08.